The number of piperazine rings is 1. The molecule has 1 amide bonds. The lowest BCUT2D eigenvalue weighted by Crippen LogP contribution is -2.44. The van der Waals surface area contributed by atoms with Crippen LogP contribution in [-0.2, 0) is 18.4 Å². The highest BCUT2D eigenvalue weighted by Gasteiger charge is 2.15. The van der Waals surface area contributed by atoms with Crippen LogP contribution in [0, 0.1) is 11.8 Å². The highest BCUT2D eigenvalue weighted by Crippen LogP contribution is 2.22. The predicted octanol–water partition coefficient (Wildman–Crippen LogP) is 3.56. The maximum absolute atomic E-state index is 11.6. The first-order valence-corrected chi connectivity index (χ1v) is 14.5. The van der Waals surface area contributed by atoms with Gasteiger partial charge in [0.1, 0.15) is 5.82 Å². The summed E-state index contributed by atoms with van der Waals surface area (Å²) in [4.78, 5) is 20.5. The number of pyridine rings is 1. The Morgan fingerprint density at radius 3 is 2.46 bits per heavy atom. The van der Waals surface area contributed by atoms with Crippen LogP contribution in [-0.4, -0.2) is 83.4 Å². The number of aromatic nitrogens is 3. The molecule has 1 aliphatic carbocycles. The normalized spacial score (nSPS) is 16.0. The van der Waals surface area contributed by atoms with Crippen molar-refractivity contribution in [3.05, 3.63) is 65.6 Å². The Labute approximate surface area is 244 Å². The van der Waals surface area contributed by atoms with Gasteiger partial charge in [0.2, 0.25) is 0 Å². The number of rotatable bonds is 7. The van der Waals surface area contributed by atoms with Crippen LogP contribution in [0.15, 0.2) is 48.9 Å². The minimum atomic E-state index is -0.249. The van der Waals surface area contributed by atoms with Gasteiger partial charge in [-0.15, -0.1) is 0 Å². The molecule has 1 aromatic carbocycles. The Morgan fingerprint density at radius 2 is 1.80 bits per heavy atom. The summed E-state index contributed by atoms with van der Waals surface area (Å²) in [5, 5.41) is 6.59. The second kappa shape index (κ2) is 15.3. The summed E-state index contributed by atoms with van der Waals surface area (Å²) in [5.41, 5.74) is 10.1. The fourth-order valence-corrected chi connectivity index (χ4v) is 4.92. The summed E-state index contributed by atoms with van der Waals surface area (Å²) < 4.78 is 7.64. The summed E-state index contributed by atoms with van der Waals surface area (Å²) in [6, 6.07) is 10.3. The zero-order chi connectivity index (χ0) is 29.0. The van der Waals surface area contributed by atoms with Crippen molar-refractivity contribution in [2.24, 2.45) is 7.05 Å². The van der Waals surface area contributed by atoms with Gasteiger partial charge in [-0.2, -0.15) is 5.10 Å². The summed E-state index contributed by atoms with van der Waals surface area (Å²) >= 11 is 0. The smallest absolute Gasteiger partial charge is 0.254 e. The van der Waals surface area contributed by atoms with Gasteiger partial charge in [-0.25, -0.2) is 4.98 Å². The van der Waals surface area contributed by atoms with E-state index in [1.165, 1.54) is 57.4 Å². The molecule has 5 rings (SSSR count). The lowest BCUT2D eigenvalue weighted by Gasteiger charge is -2.31. The molecule has 9 nitrogen and oxygen atoms in total. The van der Waals surface area contributed by atoms with Gasteiger partial charge in [-0.05, 0) is 43.7 Å². The van der Waals surface area contributed by atoms with E-state index in [1.54, 1.807) is 30.2 Å². The van der Waals surface area contributed by atoms with Crippen molar-refractivity contribution in [1.82, 2.24) is 29.9 Å². The van der Waals surface area contributed by atoms with Gasteiger partial charge in [-0.3, -0.25) is 14.4 Å². The first-order valence-electron chi connectivity index (χ1n) is 14.5. The number of hydrogen-bond donors (Lipinski definition) is 2. The Kier molecular flexibility index (Phi) is 11.3. The largest absolute Gasteiger partial charge is 0.383 e. The SMILES string of the molecule is CN1CCN(CCC#Cc2ccc(COC3CCCC3)cc2)CC1.CNC(=O)c1cc(-c2cnn(C)c2)cnc1N. The molecule has 41 heavy (non-hydrogen) atoms. The number of likely N-dealkylation sites (N-methyl/N-ethyl adjacent to an activating group) is 1. The second-order valence-corrected chi connectivity index (χ2v) is 10.7. The number of carbonyl (C=O) groups is 1. The molecule has 0 atom stereocenters. The molecule has 0 radical (unpaired) electrons. The Bertz CT molecular complexity index is 1310. The molecule has 2 fully saturated rings. The molecule has 218 valence electrons. The topological polar surface area (TPSA) is 102 Å². The number of nitrogens with one attached hydrogen (secondary N) is 1. The van der Waals surface area contributed by atoms with Crippen molar-refractivity contribution in [2.45, 2.75) is 44.8 Å². The number of amides is 1. The van der Waals surface area contributed by atoms with Crippen LogP contribution in [0.2, 0.25) is 0 Å². The van der Waals surface area contributed by atoms with Crippen LogP contribution < -0.4 is 11.1 Å². The number of carbonyl (C=O) groups excluding carboxylic acids is 1. The Hall–Kier alpha value is -3.71. The number of nitrogens with two attached hydrogens (primary N) is 1. The highest BCUT2D eigenvalue weighted by molar-refractivity contribution is 5.99. The predicted molar refractivity (Wildman–Crippen MR) is 163 cm³/mol. The molecule has 1 saturated heterocycles. The number of ether oxygens (including phenoxy) is 1. The number of aryl methyl sites for hydroxylation is 1. The van der Waals surface area contributed by atoms with Crippen LogP contribution in [0.4, 0.5) is 5.82 Å². The molecule has 3 N–H and O–H groups in total. The minimum Gasteiger partial charge on any atom is -0.383 e. The Morgan fingerprint density at radius 1 is 1.07 bits per heavy atom. The fraction of sp³-hybridized carbons (Fsp3) is 0.469. The van der Waals surface area contributed by atoms with Crippen LogP contribution in [0.3, 0.4) is 0 Å². The summed E-state index contributed by atoms with van der Waals surface area (Å²) in [6.07, 6.45) is 11.7. The molecule has 2 aliphatic rings. The molecular formula is C32H43N7O2. The van der Waals surface area contributed by atoms with Crippen LogP contribution in [0.5, 0.6) is 0 Å². The quantitative estimate of drug-likeness (QED) is 0.429. The van der Waals surface area contributed by atoms with Crippen LogP contribution in [0.25, 0.3) is 11.1 Å². The fourth-order valence-electron chi connectivity index (χ4n) is 4.92. The van der Waals surface area contributed by atoms with Crippen molar-refractivity contribution in [3.8, 4) is 23.0 Å². The molecule has 2 aromatic heterocycles. The third-order valence-corrected chi connectivity index (χ3v) is 7.55. The van der Waals surface area contributed by atoms with Gasteiger partial charge in [0.15, 0.2) is 0 Å². The van der Waals surface area contributed by atoms with Crippen LogP contribution in [0.1, 0.15) is 53.6 Å². The van der Waals surface area contributed by atoms with Gasteiger partial charge in [-0.1, -0.05) is 36.8 Å². The lowest BCUT2D eigenvalue weighted by molar-refractivity contribution is 0.0457. The molecule has 1 aliphatic heterocycles. The van der Waals surface area contributed by atoms with E-state index < -0.39 is 0 Å². The number of nitrogen functional groups attached to an aromatic ring is 1. The minimum absolute atomic E-state index is 0.219. The maximum atomic E-state index is 11.6. The number of hydrogen-bond acceptors (Lipinski definition) is 7. The number of nitrogens with zero attached hydrogens (tertiary/aromatic N) is 5. The van der Waals surface area contributed by atoms with E-state index in [0.29, 0.717) is 11.7 Å². The van der Waals surface area contributed by atoms with E-state index >= 15 is 0 Å². The summed E-state index contributed by atoms with van der Waals surface area (Å²) in [6.45, 7) is 6.54. The highest BCUT2D eigenvalue weighted by atomic mass is 16.5. The Balaban J connectivity index is 0.000000201. The van der Waals surface area contributed by atoms with E-state index in [9.17, 15) is 4.79 Å². The van der Waals surface area contributed by atoms with Crippen molar-refractivity contribution in [2.75, 3.05) is 52.6 Å². The van der Waals surface area contributed by atoms with E-state index in [1.807, 2.05) is 13.2 Å². The van der Waals surface area contributed by atoms with Gasteiger partial charge in [0, 0.05) is 82.3 Å². The third-order valence-electron chi connectivity index (χ3n) is 7.55. The first-order chi connectivity index (χ1) is 19.9. The number of anilines is 1. The average Bonchev–Trinajstić information content (AvgIpc) is 3.68. The van der Waals surface area contributed by atoms with Gasteiger partial charge in [0.25, 0.3) is 5.91 Å². The van der Waals surface area contributed by atoms with Crippen molar-refractivity contribution in [3.63, 3.8) is 0 Å². The summed E-state index contributed by atoms with van der Waals surface area (Å²) in [7, 11) is 5.58. The molecule has 3 aromatic rings. The van der Waals surface area contributed by atoms with Crippen LogP contribution >= 0.6 is 0 Å². The first kappa shape index (κ1) is 30.3. The zero-order valence-corrected chi connectivity index (χ0v) is 24.6. The standard InChI is InChI=1S/C21H30N2O.C11H13N5O/c1-22-14-16-23(17-15-22)13-5-4-6-19-9-11-20(12-10-19)18-24-21-7-2-3-8-21;1-13-11(17)9-3-7(4-14-10(9)12)8-5-15-16(2)6-8/h9-12,21H,2-3,5,7-8,13-18H2,1H3;3-6H,1-2H3,(H2,12,14)(H,13,17). The lowest BCUT2D eigenvalue weighted by atomic mass is 10.1. The summed E-state index contributed by atoms with van der Waals surface area (Å²) in [5.74, 6) is 6.58. The molecule has 9 heteroatoms. The number of benzene rings is 1. The van der Waals surface area contributed by atoms with Crippen molar-refractivity contribution in [1.29, 1.82) is 0 Å². The second-order valence-electron chi connectivity index (χ2n) is 10.7. The maximum Gasteiger partial charge on any atom is 0.254 e. The van der Waals surface area contributed by atoms with Gasteiger partial charge >= 0.3 is 0 Å². The molecule has 0 spiro atoms. The van der Waals surface area contributed by atoms with Crippen molar-refractivity contribution >= 4 is 11.7 Å². The van der Waals surface area contributed by atoms with Gasteiger partial charge < -0.3 is 20.7 Å². The van der Waals surface area contributed by atoms with E-state index in [0.717, 1.165) is 36.3 Å². The molecular weight excluding hydrogens is 514 g/mol. The molecule has 0 unspecified atom stereocenters. The zero-order valence-electron chi connectivity index (χ0n) is 24.6. The molecule has 0 bridgehead atoms. The van der Waals surface area contributed by atoms with Crippen molar-refractivity contribution < 1.29 is 9.53 Å². The van der Waals surface area contributed by atoms with E-state index in [4.69, 9.17) is 10.5 Å². The molecule has 1 saturated carbocycles. The van der Waals surface area contributed by atoms with E-state index in [-0.39, 0.29) is 11.7 Å². The van der Waals surface area contributed by atoms with E-state index in [2.05, 4.69) is 68.4 Å². The third kappa shape index (κ3) is 9.42. The molecule has 3 heterocycles. The monoisotopic (exact) mass is 557 g/mol. The average molecular weight is 558 g/mol. The van der Waals surface area contributed by atoms with Gasteiger partial charge in [0.05, 0.1) is 24.5 Å².